The van der Waals surface area contributed by atoms with Gasteiger partial charge < -0.3 is 28.7 Å². The zero-order valence-electron chi connectivity index (χ0n) is 32.1. The van der Waals surface area contributed by atoms with E-state index in [1.165, 1.54) is 28.7 Å². The molecule has 0 bridgehead atoms. The number of rotatable bonds is 18. The predicted molar refractivity (Wildman–Crippen MR) is 223 cm³/mol. The normalized spacial score (nSPS) is 13.1. The van der Waals surface area contributed by atoms with Crippen LogP contribution in [0.5, 0.6) is 0 Å². The van der Waals surface area contributed by atoms with E-state index in [-0.39, 0.29) is 55.5 Å². The standard InChI is InChI=1S/C26H37N2O6PS.C13H13O4PS/c1-8-9-12-32-26(31)23-14-21-13-20(10-11-22(21)36-23)15-35(27-18(6)24(29)33-16(2)3)28-19(7)25(30)34-17(4)5;1-2-5-17-13(14)12-7-10-6-9(8-18(15)16)3-4-11(10)19-12/h8-11,13-14,16-19,27-28H,12,15H2,1-7H3;2-4,6-7,15-16H,1,5,8H2. The molecule has 4 aromatic rings. The minimum Gasteiger partial charge on any atom is -0.462 e. The van der Waals surface area contributed by atoms with Crippen molar-refractivity contribution in [1.29, 1.82) is 0 Å². The summed E-state index contributed by atoms with van der Waals surface area (Å²) in [6.07, 6.45) is 5.47. The molecule has 0 saturated carbocycles. The Bertz CT molecular complexity index is 1910. The van der Waals surface area contributed by atoms with Gasteiger partial charge in [0.1, 0.15) is 35.1 Å². The van der Waals surface area contributed by atoms with Gasteiger partial charge in [0, 0.05) is 29.9 Å². The molecule has 12 nitrogen and oxygen atoms in total. The molecule has 55 heavy (non-hydrogen) atoms. The molecule has 4 rings (SSSR count). The average molecular weight is 833 g/mol. The van der Waals surface area contributed by atoms with Gasteiger partial charge in [-0.25, -0.2) is 9.59 Å². The number of nitrogens with one attached hydrogen (secondary N) is 2. The molecular formula is C39H50N2O10P2S2. The molecule has 0 radical (unpaired) electrons. The van der Waals surface area contributed by atoms with Crippen LogP contribution >= 0.6 is 39.3 Å². The van der Waals surface area contributed by atoms with Crippen molar-refractivity contribution in [1.82, 2.24) is 10.2 Å². The van der Waals surface area contributed by atoms with Gasteiger partial charge in [0.15, 0.2) is 8.38 Å². The summed E-state index contributed by atoms with van der Waals surface area (Å²) in [7, 11) is -3.14. The maximum absolute atomic E-state index is 12.4. The maximum atomic E-state index is 12.4. The van der Waals surface area contributed by atoms with E-state index in [0.717, 1.165) is 31.3 Å². The Labute approximate surface area is 332 Å². The lowest BCUT2D eigenvalue weighted by molar-refractivity contribution is -0.149. The Morgan fingerprint density at radius 1 is 0.727 bits per heavy atom. The van der Waals surface area contributed by atoms with Crippen LogP contribution in [0.15, 0.2) is 73.3 Å². The summed E-state index contributed by atoms with van der Waals surface area (Å²) in [6, 6.07) is 14.0. The molecule has 2 heterocycles. The summed E-state index contributed by atoms with van der Waals surface area (Å²) in [4.78, 5) is 67.9. The van der Waals surface area contributed by atoms with Crippen LogP contribution < -0.4 is 10.2 Å². The molecule has 2 unspecified atom stereocenters. The number of thiophene rings is 2. The van der Waals surface area contributed by atoms with Crippen molar-refractivity contribution in [2.45, 2.75) is 85.1 Å². The number of hydrogen-bond donors (Lipinski definition) is 4. The second kappa shape index (κ2) is 22.8. The Hall–Kier alpha value is -3.58. The van der Waals surface area contributed by atoms with E-state index in [1.54, 1.807) is 53.7 Å². The molecule has 0 spiro atoms. The fourth-order valence-corrected chi connectivity index (χ4v) is 9.16. The van der Waals surface area contributed by atoms with Crippen molar-refractivity contribution in [3.05, 3.63) is 94.2 Å². The van der Waals surface area contributed by atoms with Gasteiger partial charge in [-0.3, -0.25) is 19.8 Å². The summed E-state index contributed by atoms with van der Waals surface area (Å²) >= 11 is 2.74. The van der Waals surface area contributed by atoms with Crippen LogP contribution in [0.2, 0.25) is 0 Å². The molecule has 2 aromatic carbocycles. The third-order valence-corrected chi connectivity index (χ3v) is 12.1. The Morgan fingerprint density at radius 2 is 1.18 bits per heavy atom. The SMILES string of the molecule is C=CCOC(=O)c1cc2cc(CP(O)O)ccc2s1.CC=CCOC(=O)c1cc2cc(CP(NC(C)C(=O)OC(C)C)NC(C)C(=O)OC(C)C)ccc2s1. The average Bonchev–Trinajstić information content (AvgIpc) is 3.74. The second-order valence-corrected chi connectivity index (χ2v) is 17.7. The highest BCUT2D eigenvalue weighted by atomic mass is 32.1. The van der Waals surface area contributed by atoms with E-state index in [9.17, 15) is 19.2 Å². The quantitative estimate of drug-likeness (QED) is 0.0328. The van der Waals surface area contributed by atoms with Crippen molar-refractivity contribution in [3.8, 4) is 0 Å². The maximum Gasteiger partial charge on any atom is 0.348 e. The topological polar surface area (TPSA) is 170 Å². The van der Waals surface area contributed by atoms with Gasteiger partial charge in [-0.2, -0.15) is 0 Å². The smallest absolute Gasteiger partial charge is 0.348 e. The lowest BCUT2D eigenvalue weighted by atomic mass is 10.2. The fraction of sp³-hybridized carbons (Fsp3) is 0.385. The number of fused-ring (bicyclic) bond motifs is 2. The zero-order chi connectivity index (χ0) is 40.7. The molecule has 4 N–H and O–H groups in total. The van der Waals surface area contributed by atoms with Crippen LogP contribution in [0.1, 0.15) is 78.9 Å². The van der Waals surface area contributed by atoms with E-state index in [2.05, 4.69) is 16.8 Å². The van der Waals surface area contributed by atoms with E-state index in [4.69, 9.17) is 28.7 Å². The molecule has 0 saturated heterocycles. The number of carbonyl (C=O) groups excluding carboxylic acids is 4. The summed E-state index contributed by atoms with van der Waals surface area (Å²) < 4.78 is 22.8. The van der Waals surface area contributed by atoms with Crippen LogP contribution in [-0.2, 0) is 40.9 Å². The second-order valence-electron chi connectivity index (χ2n) is 12.8. The van der Waals surface area contributed by atoms with Gasteiger partial charge in [-0.1, -0.05) is 36.9 Å². The number of ether oxygens (including phenoxy) is 4. The van der Waals surface area contributed by atoms with Gasteiger partial charge in [0.2, 0.25) is 0 Å². The predicted octanol–water partition coefficient (Wildman–Crippen LogP) is 8.35. The van der Waals surface area contributed by atoms with E-state index < -0.39 is 28.7 Å². The minimum absolute atomic E-state index is 0.192. The number of allylic oxidation sites excluding steroid dienone is 1. The van der Waals surface area contributed by atoms with E-state index in [1.807, 2.05) is 55.5 Å². The molecule has 2 atom stereocenters. The molecule has 0 aliphatic carbocycles. The third kappa shape index (κ3) is 15.5. The first-order valence-corrected chi connectivity index (χ1v) is 22.2. The Kier molecular flexibility index (Phi) is 19.0. The van der Waals surface area contributed by atoms with Crippen LogP contribution in [-0.4, -0.2) is 71.2 Å². The number of hydrogen-bond acceptors (Lipinski definition) is 14. The number of benzene rings is 2. The van der Waals surface area contributed by atoms with Crippen LogP contribution in [0.4, 0.5) is 0 Å². The van der Waals surface area contributed by atoms with Gasteiger partial charge in [-0.05, 0) is 107 Å². The van der Waals surface area contributed by atoms with Gasteiger partial charge >= 0.3 is 23.9 Å². The van der Waals surface area contributed by atoms with Gasteiger partial charge in [0.05, 0.1) is 12.2 Å². The van der Waals surface area contributed by atoms with Crippen molar-refractivity contribution in [3.63, 3.8) is 0 Å². The highest BCUT2D eigenvalue weighted by molar-refractivity contribution is 7.52. The fourth-order valence-electron chi connectivity index (χ4n) is 4.80. The molecule has 2 aromatic heterocycles. The van der Waals surface area contributed by atoms with Crippen molar-refractivity contribution >= 4 is 83.3 Å². The van der Waals surface area contributed by atoms with Crippen LogP contribution in [0.3, 0.4) is 0 Å². The first-order valence-electron chi connectivity index (χ1n) is 17.6. The van der Waals surface area contributed by atoms with Crippen molar-refractivity contribution in [2.75, 3.05) is 13.2 Å². The van der Waals surface area contributed by atoms with E-state index >= 15 is 0 Å². The molecular weight excluding hydrogens is 783 g/mol. The van der Waals surface area contributed by atoms with E-state index in [0.29, 0.717) is 15.9 Å². The highest BCUT2D eigenvalue weighted by Gasteiger charge is 2.25. The summed E-state index contributed by atoms with van der Waals surface area (Å²) in [5, 5.41) is 8.45. The Balaban J connectivity index is 0.000000357. The van der Waals surface area contributed by atoms with Crippen LogP contribution in [0.25, 0.3) is 20.2 Å². The molecule has 0 amide bonds. The molecule has 16 heteroatoms. The third-order valence-electron chi connectivity index (χ3n) is 7.22. The zero-order valence-corrected chi connectivity index (χ0v) is 35.5. The van der Waals surface area contributed by atoms with Crippen LogP contribution in [0, 0.1) is 0 Å². The Morgan fingerprint density at radius 3 is 1.60 bits per heavy atom. The summed E-state index contributed by atoms with van der Waals surface area (Å²) in [5.41, 5.74) is 1.83. The summed E-state index contributed by atoms with van der Waals surface area (Å²) in [5.74, 6) is -1.43. The number of esters is 4. The summed E-state index contributed by atoms with van der Waals surface area (Å²) in [6.45, 7) is 16.5. The first kappa shape index (κ1) is 45.8. The monoisotopic (exact) mass is 832 g/mol. The molecule has 0 fully saturated rings. The minimum atomic E-state index is -1.95. The first-order chi connectivity index (χ1) is 26.1. The molecule has 298 valence electrons. The highest BCUT2D eigenvalue weighted by Crippen LogP contribution is 2.36. The largest absolute Gasteiger partial charge is 0.462 e. The molecule has 0 aliphatic rings. The lowest BCUT2D eigenvalue weighted by Crippen LogP contribution is -2.41. The van der Waals surface area contributed by atoms with Crippen molar-refractivity contribution in [2.24, 2.45) is 0 Å². The van der Waals surface area contributed by atoms with Gasteiger partial charge in [0.25, 0.3) is 0 Å². The van der Waals surface area contributed by atoms with Gasteiger partial charge in [-0.15, -0.1) is 22.7 Å². The molecule has 0 aliphatic heterocycles. The lowest BCUT2D eigenvalue weighted by Gasteiger charge is -2.27. The number of carbonyl (C=O) groups is 4. The van der Waals surface area contributed by atoms with Crippen molar-refractivity contribution < 1.29 is 47.9 Å².